The van der Waals surface area contributed by atoms with Gasteiger partial charge in [0.1, 0.15) is 5.75 Å². The smallest absolute Gasteiger partial charge is 0.276 e. The number of para-hydroxylation sites is 1. The third-order valence-electron chi connectivity index (χ3n) is 3.07. The van der Waals surface area contributed by atoms with Crippen LogP contribution in [0, 0.1) is 0 Å². The van der Waals surface area contributed by atoms with Crippen LogP contribution < -0.4 is 20.9 Å². The minimum atomic E-state index is -0.502. The molecular formula is C18H15Cl2N3O3S. The van der Waals surface area contributed by atoms with Crippen molar-refractivity contribution in [3.05, 3.63) is 70.2 Å². The summed E-state index contributed by atoms with van der Waals surface area (Å²) in [5.74, 6) is -0.595. The molecule has 6 nitrogen and oxygen atoms in total. The molecule has 0 spiro atoms. The van der Waals surface area contributed by atoms with Crippen LogP contribution in [0.5, 0.6) is 5.75 Å². The molecular weight excluding hydrogens is 409 g/mol. The van der Waals surface area contributed by atoms with Gasteiger partial charge >= 0.3 is 0 Å². The van der Waals surface area contributed by atoms with E-state index < -0.39 is 11.8 Å². The standard InChI is InChI=1S/C18H15Cl2N3O3S/c19-13-6-2-1-5-12(13)9-10-16(24)21-18(27)23-22-17(25)11-26-15-8-4-3-7-14(15)20/h1-10H,11H2,(H,22,25)(H2,21,23,24,27)/b10-9+. The summed E-state index contributed by atoms with van der Waals surface area (Å²) in [6.07, 6.45) is 2.83. The van der Waals surface area contributed by atoms with Gasteiger partial charge in [-0.3, -0.25) is 25.8 Å². The predicted molar refractivity (Wildman–Crippen MR) is 109 cm³/mol. The Balaban J connectivity index is 1.72. The monoisotopic (exact) mass is 423 g/mol. The van der Waals surface area contributed by atoms with E-state index in [-0.39, 0.29) is 11.7 Å². The molecule has 0 radical (unpaired) electrons. The summed E-state index contributed by atoms with van der Waals surface area (Å²) < 4.78 is 5.27. The first-order valence-electron chi connectivity index (χ1n) is 7.65. The maximum atomic E-state index is 11.8. The number of halogens is 2. The molecule has 0 bridgehead atoms. The highest BCUT2D eigenvalue weighted by Crippen LogP contribution is 2.22. The topological polar surface area (TPSA) is 79.5 Å². The van der Waals surface area contributed by atoms with Gasteiger partial charge in [0.05, 0.1) is 5.02 Å². The highest BCUT2D eigenvalue weighted by Gasteiger charge is 2.07. The lowest BCUT2D eigenvalue weighted by Crippen LogP contribution is -2.49. The van der Waals surface area contributed by atoms with E-state index in [1.807, 2.05) is 0 Å². The summed E-state index contributed by atoms with van der Waals surface area (Å²) in [5.41, 5.74) is 5.40. The van der Waals surface area contributed by atoms with E-state index in [1.54, 1.807) is 54.6 Å². The number of benzene rings is 2. The summed E-state index contributed by atoms with van der Waals surface area (Å²) in [6.45, 7) is -0.278. The molecule has 2 rings (SSSR count). The fraction of sp³-hybridized carbons (Fsp3) is 0.0556. The number of amides is 2. The fourth-order valence-electron chi connectivity index (χ4n) is 1.83. The first-order chi connectivity index (χ1) is 13.0. The molecule has 9 heteroatoms. The number of thiocarbonyl (C=S) groups is 1. The van der Waals surface area contributed by atoms with Crippen LogP contribution in [0.1, 0.15) is 5.56 Å². The Kier molecular flexibility index (Phi) is 8.06. The number of rotatable bonds is 5. The molecule has 140 valence electrons. The van der Waals surface area contributed by atoms with Crippen molar-refractivity contribution in [1.29, 1.82) is 0 Å². The van der Waals surface area contributed by atoms with Crippen LogP contribution in [0.4, 0.5) is 0 Å². The zero-order chi connectivity index (χ0) is 19.6. The summed E-state index contributed by atoms with van der Waals surface area (Å²) in [7, 11) is 0. The molecule has 0 atom stereocenters. The molecule has 0 aliphatic carbocycles. The maximum Gasteiger partial charge on any atom is 0.276 e. The fourth-order valence-corrected chi connectivity index (χ4v) is 2.37. The SMILES string of the molecule is O=C(/C=C/c1ccccc1Cl)NC(=S)NNC(=O)COc1ccccc1Cl. The summed E-state index contributed by atoms with van der Waals surface area (Å²) in [4.78, 5) is 23.5. The van der Waals surface area contributed by atoms with Crippen molar-refractivity contribution < 1.29 is 14.3 Å². The lowest BCUT2D eigenvalue weighted by Gasteiger charge is -2.11. The average molecular weight is 424 g/mol. The molecule has 0 saturated carbocycles. The largest absolute Gasteiger partial charge is 0.482 e. The first kappa shape index (κ1) is 20.7. The van der Waals surface area contributed by atoms with Crippen molar-refractivity contribution in [1.82, 2.24) is 16.2 Å². The van der Waals surface area contributed by atoms with Crippen LogP contribution in [0.25, 0.3) is 6.08 Å². The number of hydrazine groups is 1. The highest BCUT2D eigenvalue weighted by molar-refractivity contribution is 7.80. The Morgan fingerprint density at radius 2 is 1.67 bits per heavy atom. The highest BCUT2D eigenvalue weighted by atomic mass is 35.5. The minimum Gasteiger partial charge on any atom is -0.482 e. The van der Waals surface area contributed by atoms with Gasteiger partial charge in [0, 0.05) is 11.1 Å². The molecule has 2 aromatic rings. The Bertz CT molecular complexity index is 874. The van der Waals surface area contributed by atoms with Crippen molar-refractivity contribution in [2.24, 2.45) is 0 Å². The lowest BCUT2D eigenvalue weighted by molar-refractivity contribution is -0.123. The number of carbonyl (C=O) groups excluding carboxylic acids is 2. The Labute approximate surface area is 171 Å². The second-order valence-corrected chi connectivity index (χ2v) is 6.29. The van der Waals surface area contributed by atoms with Gasteiger partial charge in [-0.15, -0.1) is 0 Å². The van der Waals surface area contributed by atoms with Crippen LogP contribution in [0.15, 0.2) is 54.6 Å². The van der Waals surface area contributed by atoms with Gasteiger partial charge in [-0.2, -0.15) is 0 Å². The molecule has 0 aliphatic heterocycles. The molecule has 0 saturated heterocycles. The van der Waals surface area contributed by atoms with E-state index >= 15 is 0 Å². The van der Waals surface area contributed by atoms with E-state index in [1.165, 1.54) is 6.08 Å². The van der Waals surface area contributed by atoms with Gasteiger partial charge in [0.25, 0.3) is 5.91 Å². The number of carbonyl (C=O) groups is 2. The summed E-state index contributed by atoms with van der Waals surface area (Å²) >= 11 is 16.8. The van der Waals surface area contributed by atoms with Gasteiger partial charge in [-0.05, 0) is 42.1 Å². The molecule has 2 amide bonds. The molecule has 0 aromatic heterocycles. The minimum absolute atomic E-state index is 0.0742. The molecule has 2 aromatic carbocycles. The quantitative estimate of drug-likeness (QED) is 0.391. The molecule has 27 heavy (non-hydrogen) atoms. The second-order valence-electron chi connectivity index (χ2n) is 5.07. The van der Waals surface area contributed by atoms with Crippen molar-refractivity contribution >= 4 is 58.4 Å². The van der Waals surface area contributed by atoms with E-state index in [9.17, 15) is 9.59 Å². The second kappa shape index (κ2) is 10.5. The lowest BCUT2D eigenvalue weighted by atomic mass is 10.2. The van der Waals surface area contributed by atoms with Crippen LogP contribution in [-0.4, -0.2) is 23.5 Å². The predicted octanol–water partition coefficient (Wildman–Crippen LogP) is 3.11. The van der Waals surface area contributed by atoms with Gasteiger partial charge in [0.2, 0.25) is 5.91 Å². The zero-order valence-corrected chi connectivity index (χ0v) is 16.2. The van der Waals surface area contributed by atoms with Gasteiger partial charge in [-0.25, -0.2) is 0 Å². The molecule has 0 fully saturated rings. The Hall–Kier alpha value is -2.61. The Morgan fingerprint density at radius 3 is 2.37 bits per heavy atom. The maximum absolute atomic E-state index is 11.8. The number of ether oxygens (including phenoxy) is 1. The van der Waals surface area contributed by atoms with Crippen molar-refractivity contribution in [3.63, 3.8) is 0 Å². The molecule has 0 heterocycles. The van der Waals surface area contributed by atoms with Crippen molar-refractivity contribution in [3.8, 4) is 5.75 Å². The number of hydrogen-bond donors (Lipinski definition) is 3. The van der Waals surface area contributed by atoms with Crippen LogP contribution in [-0.2, 0) is 9.59 Å². The van der Waals surface area contributed by atoms with E-state index in [4.69, 9.17) is 40.2 Å². The van der Waals surface area contributed by atoms with Crippen molar-refractivity contribution in [2.45, 2.75) is 0 Å². The van der Waals surface area contributed by atoms with Gasteiger partial charge in [0.15, 0.2) is 11.7 Å². The third-order valence-corrected chi connectivity index (χ3v) is 3.93. The molecule has 3 N–H and O–H groups in total. The summed E-state index contributed by atoms with van der Waals surface area (Å²) in [6, 6.07) is 13.8. The first-order valence-corrected chi connectivity index (χ1v) is 8.82. The van der Waals surface area contributed by atoms with Crippen molar-refractivity contribution in [2.75, 3.05) is 6.61 Å². The third kappa shape index (κ3) is 7.26. The van der Waals surface area contributed by atoms with Crippen LogP contribution >= 0.6 is 35.4 Å². The molecule has 0 unspecified atom stereocenters. The number of hydrogen-bond acceptors (Lipinski definition) is 4. The van der Waals surface area contributed by atoms with Crippen LogP contribution in [0.3, 0.4) is 0 Å². The van der Waals surface area contributed by atoms with E-state index in [0.717, 1.165) is 0 Å². The van der Waals surface area contributed by atoms with Gasteiger partial charge in [-0.1, -0.05) is 53.5 Å². The van der Waals surface area contributed by atoms with E-state index in [2.05, 4.69) is 16.2 Å². The van der Waals surface area contributed by atoms with Crippen LogP contribution in [0.2, 0.25) is 10.0 Å². The van der Waals surface area contributed by atoms with Gasteiger partial charge < -0.3 is 4.74 Å². The summed E-state index contributed by atoms with van der Waals surface area (Å²) in [5, 5.41) is 3.22. The zero-order valence-electron chi connectivity index (χ0n) is 13.9. The average Bonchev–Trinajstić information content (AvgIpc) is 2.65. The van der Waals surface area contributed by atoms with E-state index in [0.29, 0.717) is 21.4 Å². The molecule has 0 aliphatic rings. The number of nitrogens with one attached hydrogen (secondary N) is 3. The normalized spacial score (nSPS) is 10.3. The Morgan fingerprint density at radius 1 is 1.00 bits per heavy atom.